The van der Waals surface area contributed by atoms with Crippen LogP contribution in [0.2, 0.25) is 0 Å². The molecular weight excluding hydrogens is 296 g/mol. The second-order valence-electron chi connectivity index (χ2n) is 3.44. The Balaban J connectivity index is 2.06. The van der Waals surface area contributed by atoms with E-state index in [1.165, 1.54) is 9.79 Å². The fourth-order valence-corrected chi connectivity index (χ4v) is 3.65. The van der Waals surface area contributed by atoms with Crippen LogP contribution in [0.25, 0.3) is 0 Å². The van der Waals surface area contributed by atoms with Gasteiger partial charge in [0.15, 0.2) is 0 Å². The van der Waals surface area contributed by atoms with Crippen molar-refractivity contribution < 1.29 is 0 Å². The first-order valence-electron chi connectivity index (χ1n) is 5.34. The van der Waals surface area contributed by atoms with Gasteiger partial charge in [0.25, 0.3) is 0 Å². The van der Waals surface area contributed by atoms with E-state index >= 15 is 0 Å². The van der Waals surface area contributed by atoms with E-state index in [1.807, 2.05) is 36.4 Å². The Morgan fingerprint density at radius 1 is 0.611 bits per heavy atom. The quantitative estimate of drug-likeness (QED) is 0.561. The van der Waals surface area contributed by atoms with Crippen LogP contribution in [0.4, 0.5) is 0 Å². The summed E-state index contributed by atoms with van der Waals surface area (Å²) in [5.74, 6) is 0. The molecule has 2 rings (SSSR count). The number of hydrogen-bond acceptors (Lipinski definition) is 4. The van der Waals surface area contributed by atoms with Crippen LogP contribution in [-0.2, 0) is 0 Å². The summed E-state index contributed by atoms with van der Waals surface area (Å²) in [6.07, 6.45) is 0. The number of thiol groups is 2. The summed E-state index contributed by atoms with van der Waals surface area (Å²) in [6.45, 7) is 0. The van der Waals surface area contributed by atoms with Crippen LogP contribution < -0.4 is 0 Å². The summed E-state index contributed by atoms with van der Waals surface area (Å²) in [6, 6.07) is 20.3. The maximum absolute atomic E-state index is 4.51. The van der Waals surface area contributed by atoms with Crippen molar-refractivity contribution in [3.05, 3.63) is 69.1 Å². The molecule has 2 aromatic rings. The van der Waals surface area contributed by atoms with E-state index in [1.54, 1.807) is 23.5 Å². The van der Waals surface area contributed by atoms with Crippen molar-refractivity contribution in [3.63, 3.8) is 0 Å². The maximum atomic E-state index is 4.51. The summed E-state index contributed by atoms with van der Waals surface area (Å²) in [4.78, 5) is 2.34. The molecule has 0 aliphatic carbocycles. The third kappa shape index (κ3) is 4.35. The molecule has 0 atom stereocenters. The Hall–Kier alpha value is -0.420. The Morgan fingerprint density at radius 2 is 0.944 bits per heavy atom. The third-order valence-corrected chi connectivity index (χ3v) is 5.51. The molecule has 0 fully saturated rings. The topological polar surface area (TPSA) is 0 Å². The molecule has 0 saturated heterocycles. The van der Waals surface area contributed by atoms with Gasteiger partial charge in [0, 0.05) is 9.79 Å². The highest BCUT2D eigenvalue weighted by Gasteiger charge is 2.03. The minimum atomic E-state index is 0.915. The molecule has 4 heteroatoms. The lowest BCUT2D eigenvalue weighted by atomic mass is 10.4. The third-order valence-electron chi connectivity index (χ3n) is 2.10. The van der Waals surface area contributed by atoms with Gasteiger partial charge in [-0.25, -0.2) is 0 Å². The van der Waals surface area contributed by atoms with E-state index in [0.29, 0.717) is 0 Å². The predicted octanol–water partition coefficient (Wildman–Crippen LogP) is 5.56. The van der Waals surface area contributed by atoms with Crippen molar-refractivity contribution in [3.8, 4) is 0 Å². The van der Waals surface area contributed by atoms with Crippen LogP contribution in [0, 0.1) is 0 Å². The molecular formula is C14H12S4. The largest absolute Gasteiger partial charge is 0.135 e. The second kappa shape index (κ2) is 7.24. The molecule has 0 spiro atoms. The zero-order valence-electron chi connectivity index (χ0n) is 9.48. The van der Waals surface area contributed by atoms with Gasteiger partial charge in [-0.15, -0.1) is 25.3 Å². The molecule has 0 radical (unpaired) electrons. The summed E-state index contributed by atoms with van der Waals surface area (Å²) in [5.41, 5.74) is 0. The van der Waals surface area contributed by atoms with Gasteiger partial charge in [0.1, 0.15) is 0 Å². The van der Waals surface area contributed by atoms with Crippen LogP contribution >= 0.6 is 48.8 Å². The smallest absolute Gasteiger partial charge is 0.0621 e. The second-order valence-corrected chi connectivity index (χ2v) is 7.11. The Kier molecular flexibility index (Phi) is 5.63. The van der Waals surface area contributed by atoms with E-state index in [0.717, 1.165) is 8.47 Å². The normalized spacial score (nSPS) is 12.1. The predicted molar refractivity (Wildman–Crippen MR) is 89.6 cm³/mol. The minimum Gasteiger partial charge on any atom is -0.135 e. The molecule has 0 aliphatic rings. The highest BCUT2D eigenvalue weighted by molar-refractivity contribution is 8.21. The number of thioether (sulfide) groups is 2. The average Bonchev–Trinajstić information content (AvgIpc) is 2.41. The van der Waals surface area contributed by atoms with Gasteiger partial charge < -0.3 is 0 Å². The molecule has 0 unspecified atom stereocenters. The van der Waals surface area contributed by atoms with Gasteiger partial charge in [-0.2, -0.15) is 0 Å². The van der Waals surface area contributed by atoms with Gasteiger partial charge in [-0.1, -0.05) is 59.9 Å². The van der Waals surface area contributed by atoms with Crippen LogP contribution in [0.3, 0.4) is 0 Å². The van der Waals surface area contributed by atoms with Gasteiger partial charge in [0.2, 0.25) is 0 Å². The zero-order chi connectivity index (χ0) is 12.8. The van der Waals surface area contributed by atoms with E-state index in [-0.39, 0.29) is 0 Å². The first kappa shape index (κ1) is 14.0. The molecule has 0 amide bonds. The molecule has 18 heavy (non-hydrogen) atoms. The van der Waals surface area contributed by atoms with Gasteiger partial charge in [-0.05, 0) is 24.3 Å². The zero-order valence-corrected chi connectivity index (χ0v) is 12.9. The number of rotatable bonds is 4. The van der Waals surface area contributed by atoms with Crippen molar-refractivity contribution in [2.24, 2.45) is 0 Å². The van der Waals surface area contributed by atoms with E-state index in [4.69, 9.17) is 0 Å². The summed E-state index contributed by atoms with van der Waals surface area (Å²) in [7, 11) is 0. The Labute approximate surface area is 127 Å². The lowest BCUT2D eigenvalue weighted by Crippen LogP contribution is -1.74. The summed E-state index contributed by atoms with van der Waals surface area (Å²) >= 11 is 12.3. The molecule has 0 aliphatic heterocycles. The van der Waals surface area contributed by atoms with Gasteiger partial charge in [-0.3, -0.25) is 0 Å². The Bertz CT molecular complexity index is 471. The molecule has 0 bridgehead atoms. The molecule has 92 valence electrons. The maximum Gasteiger partial charge on any atom is 0.0621 e. The van der Waals surface area contributed by atoms with Crippen molar-refractivity contribution in [2.75, 3.05) is 0 Å². The van der Waals surface area contributed by atoms with Crippen molar-refractivity contribution in [1.29, 1.82) is 0 Å². The van der Waals surface area contributed by atoms with Crippen LogP contribution in [0.1, 0.15) is 0 Å². The van der Waals surface area contributed by atoms with Crippen molar-refractivity contribution >= 4 is 48.8 Å². The molecule has 2 aromatic carbocycles. The monoisotopic (exact) mass is 308 g/mol. The Morgan fingerprint density at radius 3 is 1.28 bits per heavy atom. The standard InChI is InChI=1S/C14H12S4/c15-13(17-11-7-3-1-4-8-11)14(16)18-12-9-5-2-6-10-12/h1-10,15-16H. The van der Waals surface area contributed by atoms with E-state index in [2.05, 4.69) is 49.5 Å². The fraction of sp³-hybridized carbons (Fsp3) is 0. The van der Waals surface area contributed by atoms with E-state index < -0.39 is 0 Å². The molecule has 0 saturated carbocycles. The highest BCUT2D eigenvalue weighted by atomic mass is 32.2. The SMILES string of the molecule is SC(Sc1ccccc1)=C(S)Sc1ccccc1. The van der Waals surface area contributed by atoms with Gasteiger partial charge >= 0.3 is 0 Å². The van der Waals surface area contributed by atoms with E-state index in [9.17, 15) is 0 Å². The fourth-order valence-electron chi connectivity index (χ4n) is 1.29. The molecule has 0 nitrogen and oxygen atoms in total. The highest BCUT2D eigenvalue weighted by Crippen LogP contribution is 2.39. The van der Waals surface area contributed by atoms with Crippen molar-refractivity contribution in [1.82, 2.24) is 0 Å². The first-order valence-corrected chi connectivity index (χ1v) is 7.86. The van der Waals surface area contributed by atoms with Crippen LogP contribution in [0.5, 0.6) is 0 Å². The molecule has 0 heterocycles. The first-order chi connectivity index (χ1) is 8.75. The number of hydrogen-bond donors (Lipinski definition) is 2. The van der Waals surface area contributed by atoms with Crippen LogP contribution in [-0.4, -0.2) is 0 Å². The minimum absolute atomic E-state index is 0.915. The lowest BCUT2D eigenvalue weighted by molar-refractivity contribution is 1.47. The average molecular weight is 309 g/mol. The molecule has 0 N–H and O–H groups in total. The lowest BCUT2D eigenvalue weighted by Gasteiger charge is -2.05. The molecule has 0 aromatic heterocycles. The summed E-state index contributed by atoms with van der Waals surface area (Å²) < 4.78 is 1.83. The van der Waals surface area contributed by atoms with Gasteiger partial charge in [0.05, 0.1) is 8.47 Å². The van der Waals surface area contributed by atoms with Crippen molar-refractivity contribution in [2.45, 2.75) is 9.79 Å². The summed E-state index contributed by atoms with van der Waals surface area (Å²) in [5, 5.41) is 0. The number of benzene rings is 2. The van der Waals surface area contributed by atoms with Crippen LogP contribution in [0.15, 0.2) is 78.9 Å².